The van der Waals surface area contributed by atoms with Gasteiger partial charge in [-0.2, -0.15) is 0 Å². The Kier molecular flexibility index (Phi) is 2.89. The van der Waals surface area contributed by atoms with Crippen molar-refractivity contribution in [2.24, 2.45) is 0 Å². The summed E-state index contributed by atoms with van der Waals surface area (Å²) in [6.45, 7) is 0. The Labute approximate surface area is 73.2 Å². The summed E-state index contributed by atoms with van der Waals surface area (Å²) in [5, 5.41) is 5.88. The molecule has 1 heterocycles. The monoisotopic (exact) mass is 272 g/mol. The molecule has 0 aliphatic rings. The molecule has 1 aromatic heterocycles. The topological polar surface area (TPSA) is 24.9 Å². The summed E-state index contributed by atoms with van der Waals surface area (Å²) in [6.07, 6.45) is 1.77. The van der Waals surface area contributed by atoms with E-state index in [0.717, 1.165) is 8.57 Å². The third kappa shape index (κ3) is 2.61. The van der Waals surface area contributed by atoms with Gasteiger partial charge in [0, 0.05) is 0 Å². The standard InChI is InChI=1S/C4H4N2SSe2/c8-4(9)6-3-5-1-2-7-3/h1-2H,(H2,5,6,8,9). The normalized spacial score (nSPS) is 9.00. The maximum atomic E-state index is 4.01. The molecule has 1 aromatic rings. The van der Waals surface area contributed by atoms with Crippen molar-refractivity contribution in [2.75, 3.05) is 5.32 Å². The fourth-order valence-electron chi connectivity index (χ4n) is 0.377. The summed E-state index contributed by atoms with van der Waals surface area (Å²) in [6, 6.07) is 0. The fraction of sp³-hybridized carbons (Fsp3) is 0. The van der Waals surface area contributed by atoms with Gasteiger partial charge in [0.2, 0.25) is 0 Å². The minimum absolute atomic E-state index is 0.921. The third-order valence-electron chi connectivity index (χ3n) is 0.646. The first-order valence-corrected chi connectivity index (χ1v) is 4.86. The molecular formula is C4H4N2SSe2. The van der Waals surface area contributed by atoms with E-state index in [9.17, 15) is 0 Å². The van der Waals surface area contributed by atoms with Gasteiger partial charge >= 0.3 is 73.4 Å². The molecule has 0 aliphatic carbocycles. The van der Waals surface area contributed by atoms with Gasteiger partial charge in [-0.1, -0.05) is 0 Å². The van der Waals surface area contributed by atoms with Crippen molar-refractivity contribution in [3.8, 4) is 0 Å². The Hall–Kier alpha value is 0.339. The van der Waals surface area contributed by atoms with Crippen molar-refractivity contribution in [1.82, 2.24) is 4.98 Å². The van der Waals surface area contributed by atoms with E-state index in [4.69, 9.17) is 0 Å². The number of nitrogens with zero attached hydrogens (tertiary/aromatic N) is 1. The molecule has 2 nitrogen and oxygen atoms in total. The Morgan fingerprint density at radius 1 is 1.89 bits per heavy atom. The van der Waals surface area contributed by atoms with Crippen LogP contribution >= 0.6 is 11.3 Å². The van der Waals surface area contributed by atoms with Gasteiger partial charge in [0.15, 0.2) is 0 Å². The zero-order valence-corrected chi connectivity index (χ0v) is 8.77. The molecule has 0 aromatic carbocycles. The van der Waals surface area contributed by atoms with Crippen LogP contribution in [0.3, 0.4) is 0 Å². The first-order chi connectivity index (χ1) is 4.29. The molecule has 0 bridgehead atoms. The molecule has 0 radical (unpaired) electrons. The summed E-state index contributed by atoms with van der Waals surface area (Å²) >= 11 is 6.78. The zero-order valence-electron chi connectivity index (χ0n) is 4.37. The number of rotatable bonds is 2. The van der Waals surface area contributed by atoms with Crippen LogP contribution in [0.5, 0.6) is 0 Å². The zero-order chi connectivity index (χ0) is 6.69. The van der Waals surface area contributed by atoms with E-state index < -0.39 is 0 Å². The Balaban J connectivity index is 2.58. The van der Waals surface area contributed by atoms with Crippen molar-refractivity contribution in [2.45, 2.75) is 0 Å². The van der Waals surface area contributed by atoms with Crippen LogP contribution in [0.1, 0.15) is 0 Å². The fourth-order valence-corrected chi connectivity index (χ4v) is 1.65. The molecular weight excluding hydrogens is 266 g/mol. The second-order valence-electron chi connectivity index (χ2n) is 1.27. The van der Waals surface area contributed by atoms with Gasteiger partial charge in [-0.25, -0.2) is 0 Å². The average Bonchev–Trinajstić information content (AvgIpc) is 2.15. The average molecular weight is 270 g/mol. The van der Waals surface area contributed by atoms with E-state index in [1.165, 1.54) is 0 Å². The summed E-state index contributed by atoms with van der Waals surface area (Å²) < 4.78 is 0.984. The molecule has 1 rings (SSSR count). The first kappa shape index (κ1) is 7.45. The summed E-state index contributed by atoms with van der Waals surface area (Å²) in [5.74, 6) is 0. The van der Waals surface area contributed by atoms with Gasteiger partial charge in [0.25, 0.3) is 0 Å². The van der Waals surface area contributed by atoms with E-state index in [0.29, 0.717) is 0 Å². The molecule has 0 spiro atoms. The van der Waals surface area contributed by atoms with Crippen LogP contribution in [0.2, 0.25) is 0 Å². The summed E-state index contributed by atoms with van der Waals surface area (Å²) in [4.78, 5) is 4.01. The van der Waals surface area contributed by atoms with Gasteiger partial charge in [0.1, 0.15) is 0 Å². The number of thiazole rings is 1. The van der Waals surface area contributed by atoms with Crippen LogP contribution in [-0.4, -0.2) is 40.0 Å². The van der Waals surface area contributed by atoms with E-state index >= 15 is 0 Å². The van der Waals surface area contributed by atoms with Crippen molar-refractivity contribution >= 4 is 51.5 Å². The molecule has 9 heavy (non-hydrogen) atoms. The Morgan fingerprint density at radius 2 is 2.67 bits per heavy atom. The molecule has 0 fully saturated rings. The molecule has 48 valence electrons. The number of hydrogen-bond donors (Lipinski definition) is 1. The van der Waals surface area contributed by atoms with Crippen LogP contribution in [0.15, 0.2) is 11.6 Å². The van der Waals surface area contributed by atoms with E-state index in [1.54, 1.807) is 17.5 Å². The van der Waals surface area contributed by atoms with Gasteiger partial charge < -0.3 is 0 Å². The molecule has 1 N–H and O–H groups in total. The molecule has 5 heteroatoms. The number of hydrogen-bond acceptors (Lipinski definition) is 3. The summed E-state index contributed by atoms with van der Waals surface area (Å²) in [5.41, 5.74) is 0. The van der Waals surface area contributed by atoms with Gasteiger partial charge in [-0.15, -0.1) is 0 Å². The van der Waals surface area contributed by atoms with Crippen molar-refractivity contribution in [3.05, 3.63) is 11.6 Å². The van der Waals surface area contributed by atoms with Crippen molar-refractivity contribution in [1.29, 1.82) is 0 Å². The molecule has 0 aliphatic heterocycles. The second-order valence-corrected chi connectivity index (χ2v) is 5.43. The summed E-state index contributed by atoms with van der Waals surface area (Å²) in [7, 11) is 0. The number of anilines is 1. The molecule has 0 saturated carbocycles. The van der Waals surface area contributed by atoms with Gasteiger partial charge in [0.05, 0.1) is 0 Å². The molecule has 0 atom stereocenters. The van der Waals surface area contributed by atoms with Crippen LogP contribution in [0.25, 0.3) is 0 Å². The Bertz CT molecular complexity index is 196. The third-order valence-corrected chi connectivity index (χ3v) is 1.78. The maximum absolute atomic E-state index is 4.01. The first-order valence-electron chi connectivity index (χ1n) is 2.18. The number of nitrogens with one attached hydrogen (secondary N) is 1. The predicted octanol–water partition coefficient (Wildman–Crippen LogP) is -0.288. The minimum atomic E-state index is 0.921. The van der Waals surface area contributed by atoms with Crippen LogP contribution < -0.4 is 5.32 Å². The van der Waals surface area contributed by atoms with Crippen molar-refractivity contribution in [3.63, 3.8) is 0 Å². The van der Waals surface area contributed by atoms with Crippen molar-refractivity contribution < 1.29 is 0 Å². The molecule has 0 amide bonds. The molecule has 0 saturated heterocycles. The molecule has 0 unspecified atom stereocenters. The van der Waals surface area contributed by atoms with Crippen LogP contribution in [0, 0.1) is 0 Å². The Morgan fingerprint density at radius 3 is 3.11 bits per heavy atom. The van der Waals surface area contributed by atoms with E-state index in [1.807, 2.05) is 5.38 Å². The van der Waals surface area contributed by atoms with E-state index in [-0.39, 0.29) is 0 Å². The van der Waals surface area contributed by atoms with E-state index in [2.05, 4.69) is 41.9 Å². The quantitative estimate of drug-likeness (QED) is 0.747. The van der Waals surface area contributed by atoms with Crippen LogP contribution in [-0.2, 0) is 0 Å². The van der Waals surface area contributed by atoms with Crippen LogP contribution in [0.4, 0.5) is 5.13 Å². The van der Waals surface area contributed by atoms with Gasteiger partial charge in [-0.05, 0) is 0 Å². The SMILES string of the molecule is [Se]=C([SeH])Nc1nccs1. The number of aromatic nitrogens is 1. The van der Waals surface area contributed by atoms with Gasteiger partial charge in [-0.3, -0.25) is 0 Å². The predicted molar refractivity (Wildman–Crippen MR) is 43.6 cm³/mol. The second kappa shape index (κ2) is 3.49.